The minimum atomic E-state index is -0.562. The molecule has 0 spiro atoms. The van der Waals surface area contributed by atoms with Gasteiger partial charge >= 0.3 is 0 Å². The van der Waals surface area contributed by atoms with Crippen molar-refractivity contribution < 1.29 is 14.3 Å². The maximum absolute atomic E-state index is 13.2. The fraction of sp³-hybridized carbons (Fsp3) is 0.188. The minimum Gasteiger partial charge on any atom is -0.507 e. The predicted molar refractivity (Wildman–Crippen MR) is 77.9 cm³/mol. The molecule has 3 N–H and O–H groups in total. The summed E-state index contributed by atoms with van der Waals surface area (Å²) < 4.78 is 13.2. The van der Waals surface area contributed by atoms with Crippen LogP contribution in [0.5, 0.6) is 5.75 Å². The van der Waals surface area contributed by atoms with Crippen molar-refractivity contribution in [1.29, 1.82) is 0 Å². The van der Waals surface area contributed by atoms with E-state index in [1.165, 1.54) is 11.6 Å². The number of carbonyl (C=O) groups is 1. The molecule has 0 bridgehead atoms. The van der Waals surface area contributed by atoms with E-state index in [2.05, 4.69) is 10.6 Å². The third-order valence-corrected chi connectivity index (χ3v) is 3.55. The van der Waals surface area contributed by atoms with E-state index in [0.29, 0.717) is 5.69 Å². The zero-order chi connectivity index (χ0) is 14.8. The smallest absolute Gasteiger partial charge is 0.259 e. The van der Waals surface area contributed by atoms with Crippen LogP contribution in [0.25, 0.3) is 0 Å². The Hall–Kier alpha value is -2.40. The van der Waals surface area contributed by atoms with E-state index in [9.17, 15) is 14.3 Å². The van der Waals surface area contributed by atoms with Gasteiger partial charge in [-0.1, -0.05) is 6.07 Å². The molecule has 1 amide bonds. The second-order valence-corrected chi connectivity index (χ2v) is 5.03. The summed E-state index contributed by atoms with van der Waals surface area (Å²) in [5.74, 6) is -1.34. The van der Waals surface area contributed by atoms with Gasteiger partial charge in [-0.25, -0.2) is 4.39 Å². The summed E-state index contributed by atoms with van der Waals surface area (Å²) in [7, 11) is 0. The van der Waals surface area contributed by atoms with Gasteiger partial charge in [-0.05, 0) is 54.4 Å². The summed E-state index contributed by atoms with van der Waals surface area (Å²) in [6, 6.07) is 8.99. The molecule has 3 rings (SSSR count). The van der Waals surface area contributed by atoms with Crippen LogP contribution >= 0.6 is 0 Å². The lowest BCUT2D eigenvalue weighted by Crippen LogP contribution is -2.23. The number of hydrogen-bond acceptors (Lipinski definition) is 3. The molecule has 5 heteroatoms. The highest BCUT2D eigenvalue weighted by Gasteiger charge is 2.14. The Bertz CT molecular complexity index is 701. The Morgan fingerprint density at radius 1 is 1.19 bits per heavy atom. The van der Waals surface area contributed by atoms with E-state index in [4.69, 9.17) is 0 Å². The average molecular weight is 286 g/mol. The number of hydrogen-bond donors (Lipinski definition) is 3. The summed E-state index contributed by atoms with van der Waals surface area (Å²) in [6.45, 7) is 1.72. The van der Waals surface area contributed by atoms with Crippen LogP contribution in [0.1, 0.15) is 21.5 Å². The molecule has 1 aliphatic rings. The van der Waals surface area contributed by atoms with Gasteiger partial charge in [-0.2, -0.15) is 0 Å². The predicted octanol–water partition coefficient (Wildman–Crippen LogP) is 2.43. The quantitative estimate of drug-likeness (QED) is 0.794. The molecule has 0 aliphatic carbocycles. The number of rotatable bonds is 2. The van der Waals surface area contributed by atoms with Crippen LogP contribution in [0.3, 0.4) is 0 Å². The van der Waals surface area contributed by atoms with Gasteiger partial charge in [0.05, 0.1) is 5.56 Å². The van der Waals surface area contributed by atoms with E-state index < -0.39 is 11.7 Å². The summed E-state index contributed by atoms with van der Waals surface area (Å²) in [6.07, 6.45) is 0.967. The maximum atomic E-state index is 13.2. The van der Waals surface area contributed by atoms with Crippen LogP contribution in [0, 0.1) is 5.82 Å². The highest BCUT2D eigenvalue weighted by atomic mass is 19.1. The molecule has 2 aromatic rings. The number of aromatic hydroxyl groups is 1. The molecule has 1 heterocycles. The van der Waals surface area contributed by atoms with Crippen LogP contribution in [0.4, 0.5) is 10.1 Å². The van der Waals surface area contributed by atoms with Crippen LogP contribution in [-0.4, -0.2) is 17.6 Å². The van der Waals surface area contributed by atoms with E-state index in [0.717, 1.165) is 37.2 Å². The zero-order valence-electron chi connectivity index (χ0n) is 11.3. The van der Waals surface area contributed by atoms with Crippen molar-refractivity contribution in [1.82, 2.24) is 5.32 Å². The standard InChI is InChI=1S/C16H15FN2O2/c17-12-2-4-15(20)14(8-12)16(21)19-13-3-1-10-5-6-18-9-11(10)7-13/h1-4,7-8,18,20H,5-6,9H2,(H,19,21). The van der Waals surface area contributed by atoms with Gasteiger partial charge in [0.15, 0.2) is 0 Å². The SMILES string of the molecule is O=C(Nc1ccc2c(c1)CNCC2)c1cc(F)ccc1O. The molecule has 0 saturated carbocycles. The fourth-order valence-corrected chi connectivity index (χ4v) is 2.45. The average Bonchev–Trinajstić information content (AvgIpc) is 2.49. The first-order valence-corrected chi connectivity index (χ1v) is 6.76. The number of nitrogens with one attached hydrogen (secondary N) is 2. The number of phenolic OH excluding ortho intramolecular Hbond substituents is 1. The molecule has 0 fully saturated rings. The van der Waals surface area contributed by atoms with Crippen LogP contribution in [-0.2, 0) is 13.0 Å². The molecular formula is C16H15FN2O2. The second kappa shape index (κ2) is 5.54. The van der Waals surface area contributed by atoms with Gasteiger partial charge < -0.3 is 15.7 Å². The van der Waals surface area contributed by atoms with Gasteiger partial charge in [-0.15, -0.1) is 0 Å². The van der Waals surface area contributed by atoms with Crippen LogP contribution in [0.15, 0.2) is 36.4 Å². The summed E-state index contributed by atoms with van der Waals surface area (Å²) in [4.78, 5) is 12.1. The van der Waals surface area contributed by atoms with Crippen molar-refractivity contribution in [2.45, 2.75) is 13.0 Å². The first-order chi connectivity index (χ1) is 10.1. The molecule has 0 aromatic heterocycles. The number of phenols is 1. The first-order valence-electron chi connectivity index (χ1n) is 6.76. The van der Waals surface area contributed by atoms with Gasteiger partial charge in [0.1, 0.15) is 11.6 Å². The number of fused-ring (bicyclic) bond motifs is 1. The summed E-state index contributed by atoms with van der Waals surface area (Å²) >= 11 is 0. The Kier molecular flexibility index (Phi) is 3.58. The van der Waals surface area contributed by atoms with E-state index >= 15 is 0 Å². The Morgan fingerprint density at radius 2 is 2.05 bits per heavy atom. The van der Waals surface area contributed by atoms with Crippen molar-refractivity contribution in [3.05, 3.63) is 58.9 Å². The first kappa shape index (κ1) is 13.6. The topological polar surface area (TPSA) is 61.4 Å². The lowest BCUT2D eigenvalue weighted by molar-refractivity contribution is 0.102. The van der Waals surface area contributed by atoms with Crippen LogP contribution in [0.2, 0.25) is 0 Å². The number of halogens is 1. The molecule has 0 radical (unpaired) electrons. The van der Waals surface area contributed by atoms with E-state index in [-0.39, 0.29) is 11.3 Å². The highest BCUT2D eigenvalue weighted by Crippen LogP contribution is 2.22. The molecule has 4 nitrogen and oxygen atoms in total. The molecule has 108 valence electrons. The molecule has 2 aromatic carbocycles. The molecular weight excluding hydrogens is 271 g/mol. The van der Waals surface area contributed by atoms with E-state index in [1.54, 1.807) is 0 Å². The number of carbonyl (C=O) groups excluding carboxylic acids is 1. The maximum Gasteiger partial charge on any atom is 0.259 e. The van der Waals surface area contributed by atoms with Crippen molar-refractivity contribution in [2.75, 3.05) is 11.9 Å². The third-order valence-electron chi connectivity index (χ3n) is 3.55. The second-order valence-electron chi connectivity index (χ2n) is 5.03. The zero-order valence-corrected chi connectivity index (χ0v) is 11.3. The van der Waals surface area contributed by atoms with Gasteiger partial charge in [0, 0.05) is 12.2 Å². The molecule has 0 saturated heterocycles. The Morgan fingerprint density at radius 3 is 2.90 bits per heavy atom. The largest absolute Gasteiger partial charge is 0.507 e. The van der Waals surface area contributed by atoms with Gasteiger partial charge in [0.2, 0.25) is 0 Å². The molecule has 21 heavy (non-hydrogen) atoms. The number of anilines is 1. The Balaban J connectivity index is 1.83. The Labute approximate surface area is 121 Å². The monoisotopic (exact) mass is 286 g/mol. The van der Waals surface area contributed by atoms with Gasteiger partial charge in [-0.3, -0.25) is 4.79 Å². The van der Waals surface area contributed by atoms with Gasteiger partial charge in [0.25, 0.3) is 5.91 Å². The third kappa shape index (κ3) is 2.87. The highest BCUT2D eigenvalue weighted by molar-refractivity contribution is 6.06. The minimum absolute atomic E-state index is 0.0779. The van der Waals surface area contributed by atoms with E-state index in [1.807, 2.05) is 18.2 Å². The lowest BCUT2D eigenvalue weighted by atomic mass is 10.0. The lowest BCUT2D eigenvalue weighted by Gasteiger charge is -2.18. The van der Waals surface area contributed by atoms with Crippen LogP contribution < -0.4 is 10.6 Å². The molecule has 0 unspecified atom stereocenters. The molecule has 1 aliphatic heterocycles. The summed E-state index contributed by atoms with van der Waals surface area (Å²) in [5.41, 5.74) is 2.96. The number of amides is 1. The summed E-state index contributed by atoms with van der Waals surface area (Å²) in [5, 5.41) is 15.6. The van der Waals surface area contributed by atoms with Crippen molar-refractivity contribution in [3.8, 4) is 5.75 Å². The normalized spacial score (nSPS) is 13.6. The van der Waals surface area contributed by atoms with Crippen molar-refractivity contribution in [2.24, 2.45) is 0 Å². The van der Waals surface area contributed by atoms with Crippen molar-refractivity contribution >= 4 is 11.6 Å². The fourth-order valence-electron chi connectivity index (χ4n) is 2.45. The number of benzene rings is 2. The molecule has 0 atom stereocenters. The van der Waals surface area contributed by atoms with Crippen molar-refractivity contribution in [3.63, 3.8) is 0 Å².